The van der Waals surface area contributed by atoms with E-state index in [1.807, 2.05) is 0 Å². The van der Waals surface area contributed by atoms with E-state index >= 15 is 0 Å². The molecule has 2 saturated heterocycles. The maximum absolute atomic E-state index is 10.1. The van der Waals surface area contributed by atoms with Gasteiger partial charge in [-0.1, -0.05) is 0 Å². The maximum atomic E-state index is 10.1. The highest BCUT2D eigenvalue weighted by atomic mass is 16.5. The fourth-order valence-corrected chi connectivity index (χ4v) is 2.52. The van der Waals surface area contributed by atoms with E-state index in [0.717, 1.165) is 45.5 Å². The van der Waals surface area contributed by atoms with Gasteiger partial charge in [-0.05, 0) is 38.5 Å². The summed E-state index contributed by atoms with van der Waals surface area (Å²) < 4.78 is 11.0. The number of hydrogen-bond acceptors (Lipinski definition) is 3. The van der Waals surface area contributed by atoms with E-state index < -0.39 is 0 Å². The summed E-state index contributed by atoms with van der Waals surface area (Å²) in [7, 11) is 0. The molecule has 3 nitrogen and oxygen atoms in total. The van der Waals surface area contributed by atoms with Gasteiger partial charge in [-0.25, -0.2) is 0 Å². The second kappa shape index (κ2) is 5.83. The minimum atomic E-state index is -0.228. The number of aliphatic hydroxyl groups is 1. The second-order valence-electron chi connectivity index (χ2n) is 4.77. The normalized spacial score (nSPS) is 35.0. The molecule has 3 atom stereocenters. The monoisotopic (exact) mass is 214 g/mol. The third-order valence-corrected chi connectivity index (χ3v) is 3.52. The van der Waals surface area contributed by atoms with Crippen LogP contribution in [0.25, 0.3) is 0 Å². The first-order valence-corrected chi connectivity index (χ1v) is 6.23. The summed E-state index contributed by atoms with van der Waals surface area (Å²) in [5.74, 6) is 0.337. The van der Waals surface area contributed by atoms with Crippen molar-refractivity contribution < 1.29 is 14.6 Å². The summed E-state index contributed by atoms with van der Waals surface area (Å²) in [6.45, 7) is 2.47. The van der Waals surface area contributed by atoms with Crippen LogP contribution in [-0.4, -0.2) is 37.1 Å². The second-order valence-corrected chi connectivity index (χ2v) is 4.77. The molecule has 0 bridgehead atoms. The third kappa shape index (κ3) is 3.44. The van der Waals surface area contributed by atoms with Crippen molar-refractivity contribution in [3.05, 3.63) is 0 Å². The molecule has 0 spiro atoms. The van der Waals surface area contributed by atoms with E-state index in [1.54, 1.807) is 0 Å². The number of hydrogen-bond donors (Lipinski definition) is 1. The smallest absolute Gasteiger partial charge is 0.0615 e. The molecule has 1 N–H and O–H groups in total. The van der Waals surface area contributed by atoms with E-state index in [0.29, 0.717) is 5.92 Å². The molecule has 2 fully saturated rings. The van der Waals surface area contributed by atoms with Crippen LogP contribution in [0.3, 0.4) is 0 Å². The molecule has 0 aromatic rings. The molecule has 3 heteroatoms. The first-order chi connectivity index (χ1) is 7.36. The summed E-state index contributed by atoms with van der Waals surface area (Å²) in [5.41, 5.74) is 0. The average Bonchev–Trinajstić information content (AvgIpc) is 2.31. The van der Waals surface area contributed by atoms with E-state index in [-0.39, 0.29) is 12.2 Å². The Hall–Kier alpha value is -0.120. The Morgan fingerprint density at radius 1 is 1.13 bits per heavy atom. The van der Waals surface area contributed by atoms with Crippen molar-refractivity contribution in [2.75, 3.05) is 19.8 Å². The average molecular weight is 214 g/mol. The topological polar surface area (TPSA) is 38.7 Å². The molecule has 0 aromatic carbocycles. The van der Waals surface area contributed by atoms with Gasteiger partial charge in [-0.3, -0.25) is 0 Å². The Balaban J connectivity index is 1.72. The van der Waals surface area contributed by atoms with Crippen molar-refractivity contribution in [2.45, 2.75) is 50.7 Å². The Kier molecular flexibility index (Phi) is 4.42. The van der Waals surface area contributed by atoms with Crippen molar-refractivity contribution >= 4 is 0 Å². The molecule has 15 heavy (non-hydrogen) atoms. The lowest BCUT2D eigenvalue weighted by molar-refractivity contribution is -0.0542. The molecule has 0 amide bonds. The SMILES string of the molecule is OC(CC1CCCCO1)C1CCCOC1. The van der Waals surface area contributed by atoms with Gasteiger partial charge in [0, 0.05) is 19.1 Å². The molecule has 3 unspecified atom stereocenters. The van der Waals surface area contributed by atoms with Gasteiger partial charge in [-0.15, -0.1) is 0 Å². The molecule has 0 saturated carbocycles. The standard InChI is InChI=1S/C12H22O3/c13-12(10-4-3-6-14-9-10)8-11-5-1-2-7-15-11/h10-13H,1-9H2. The van der Waals surface area contributed by atoms with Crippen LogP contribution in [0.5, 0.6) is 0 Å². The van der Waals surface area contributed by atoms with E-state index in [9.17, 15) is 5.11 Å². The minimum Gasteiger partial charge on any atom is -0.393 e. The molecule has 88 valence electrons. The van der Waals surface area contributed by atoms with Gasteiger partial charge in [0.15, 0.2) is 0 Å². The zero-order valence-electron chi connectivity index (χ0n) is 9.36. The fourth-order valence-electron chi connectivity index (χ4n) is 2.52. The molecular formula is C12H22O3. The van der Waals surface area contributed by atoms with Crippen molar-refractivity contribution in [3.8, 4) is 0 Å². The zero-order valence-corrected chi connectivity index (χ0v) is 9.36. The van der Waals surface area contributed by atoms with E-state index in [1.165, 1.54) is 12.8 Å². The third-order valence-electron chi connectivity index (χ3n) is 3.52. The zero-order chi connectivity index (χ0) is 10.5. The summed E-state index contributed by atoms with van der Waals surface area (Å²) in [6, 6.07) is 0. The lowest BCUT2D eigenvalue weighted by atomic mass is 9.91. The molecule has 2 heterocycles. The van der Waals surface area contributed by atoms with Crippen molar-refractivity contribution in [1.82, 2.24) is 0 Å². The highest BCUT2D eigenvalue weighted by Crippen LogP contribution is 2.24. The van der Waals surface area contributed by atoms with Gasteiger partial charge in [0.1, 0.15) is 0 Å². The van der Waals surface area contributed by atoms with E-state index in [2.05, 4.69) is 0 Å². The summed E-state index contributed by atoms with van der Waals surface area (Å²) in [5, 5.41) is 10.1. The Morgan fingerprint density at radius 3 is 2.73 bits per heavy atom. The number of aliphatic hydroxyl groups excluding tert-OH is 1. The van der Waals surface area contributed by atoms with Gasteiger partial charge in [0.25, 0.3) is 0 Å². The Bertz CT molecular complexity index is 172. The molecule has 2 aliphatic heterocycles. The van der Waals surface area contributed by atoms with E-state index in [4.69, 9.17) is 9.47 Å². The van der Waals surface area contributed by atoms with Gasteiger partial charge < -0.3 is 14.6 Å². The van der Waals surface area contributed by atoms with Gasteiger partial charge in [0.05, 0.1) is 18.8 Å². The fraction of sp³-hybridized carbons (Fsp3) is 1.00. The number of ether oxygens (including phenoxy) is 2. The first-order valence-electron chi connectivity index (χ1n) is 6.23. The predicted octanol–water partition coefficient (Wildman–Crippen LogP) is 1.73. The van der Waals surface area contributed by atoms with Gasteiger partial charge >= 0.3 is 0 Å². The van der Waals surface area contributed by atoms with Crippen LogP contribution in [0.4, 0.5) is 0 Å². The lowest BCUT2D eigenvalue weighted by Crippen LogP contribution is -2.33. The van der Waals surface area contributed by atoms with Crippen LogP contribution in [0.15, 0.2) is 0 Å². The quantitative estimate of drug-likeness (QED) is 0.777. The van der Waals surface area contributed by atoms with Crippen LogP contribution >= 0.6 is 0 Å². The number of rotatable bonds is 3. The van der Waals surface area contributed by atoms with Crippen LogP contribution in [-0.2, 0) is 9.47 Å². The molecule has 0 aromatic heterocycles. The van der Waals surface area contributed by atoms with Gasteiger partial charge in [-0.2, -0.15) is 0 Å². The van der Waals surface area contributed by atoms with Crippen LogP contribution in [0.2, 0.25) is 0 Å². The minimum absolute atomic E-state index is 0.228. The largest absolute Gasteiger partial charge is 0.393 e. The highest BCUT2D eigenvalue weighted by Gasteiger charge is 2.26. The summed E-state index contributed by atoms with van der Waals surface area (Å²) in [4.78, 5) is 0. The summed E-state index contributed by atoms with van der Waals surface area (Å²) >= 11 is 0. The van der Waals surface area contributed by atoms with Crippen LogP contribution in [0.1, 0.15) is 38.5 Å². The first kappa shape index (κ1) is 11.4. The molecule has 0 aliphatic carbocycles. The van der Waals surface area contributed by atoms with Crippen LogP contribution < -0.4 is 0 Å². The van der Waals surface area contributed by atoms with Crippen LogP contribution in [0, 0.1) is 5.92 Å². The molecule has 0 radical (unpaired) electrons. The predicted molar refractivity (Wildman–Crippen MR) is 57.8 cm³/mol. The van der Waals surface area contributed by atoms with Crippen molar-refractivity contribution in [2.24, 2.45) is 5.92 Å². The van der Waals surface area contributed by atoms with Crippen molar-refractivity contribution in [3.63, 3.8) is 0 Å². The van der Waals surface area contributed by atoms with Gasteiger partial charge in [0.2, 0.25) is 0 Å². The molecular weight excluding hydrogens is 192 g/mol. The molecule has 2 aliphatic rings. The molecule has 2 rings (SSSR count). The highest BCUT2D eigenvalue weighted by molar-refractivity contribution is 4.76. The Morgan fingerprint density at radius 2 is 2.07 bits per heavy atom. The van der Waals surface area contributed by atoms with Crippen molar-refractivity contribution in [1.29, 1.82) is 0 Å². The maximum Gasteiger partial charge on any atom is 0.0615 e. The lowest BCUT2D eigenvalue weighted by Gasteiger charge is -2.30. The summed E-state index contributed by atoms with van der Waals surface area (Å²) in [6.07, 6.45) is 6.60. The Labute approximate surface area is 91.8 Å².